The monoisotopic (exact) mass is 469 g/mol. The molecule has 1 heterocycles. The zero-order valence-electron chi connectivity index (χ0n) is 17.0. The fraction of sp³-hybridized carbons (Fsp3) is 0.364. The van der Waals surface area contributed by atoms with Gasteiger partial charge in [-0.25, -0.2) is 4.39 Å². The number of likely N-dealkylation sites (tertiary alicyclic amines) is 1. The van der Waals surface area contributed by atoms with Crippen molar-refractivity contribution in [3.05, 3.63) is 63.9 Å². The van der Waals surface area contributed by atoms with Crippen LogP contribution in [0.5, 0.6) is 0 Å². The van der Waals surface area contributed by atoms with Crippen LogP contribution >= 0.6 is 11.6 Å². The van der Waals surface area contributed by atoms with Crippen molar-refractivity contribution in [2.75, 3.05) is 18.0 Å². The number of carbonyl (C=O) groups excluding carboxylic acids is 1. The highest BCUT2D eigenvalue weighted by Crippen LogP contribution is 2.35. The van der Waals surface area contributed by atoms with E-state index in [4.69, 9.17) is 16.9 Å². The molecule has 2 aromatic carbocycles. The summed E-state index contributed by atoms with van der Waals surface area (Å²) in [4.78, 5) is 15.3. The molecule has 2 atom stereocenters. The first-order valence-corrected chi connectivity index (χ1v) is 10.2. The summed E-state index contributed by atoms with van der Waals surface area (Å²) in [7, 11) is 0. The molecule has 2 aromatic rings. The van der Waals surface area contributed by atoms with Gasteiger partial charge in [0.1, 0.15) is 18.0 Å². The zero-order valence-corrected chi connectivity index (χ0v) is 17.8. The predicted octanol–water partition coefficient (Wildman–Crippen LogP) is 4.36. The molecule has 32 heavy (non-hydrogen) atoms. The molecule has 1 fully saturated rings. The Balaban J connectivity index is 2.00. The lowest BCUT2D eigenvalue weighted by Gasteiger charge is -2.32. The topological polar surface area (TPSA) is 67.6 Å². The molecule has 0 spiro atoms. The van der Waals surface area contributed by atoms with Gasteiger partial charge >= 0.3 is 6.18 Å². The second-order valence-electron chi connectivity index (χ2n) is 7.61. The SMILES string of the molecule is CC(O)C(=O)N1CC[C@H](N(Cc2ccc(F)cc2C(F)(F)F)c2ccc(C#N)c(Cl)c2)C1. The smallest absolute Gasteiger partial charge is 0.384 e. The van der Waals surface area contributed by atoms with Gasteiger partial charge in [-0.1, -0.05) is 17.7 Å². The van der Waals surface area contributed by atoms with E-state index in [1.807, 2.05) is 6.07 Å². The Labute approximate surface area is 187 Å². The van der Waals surface area contributed by atoms with Gasteiger partial charge < -0.3 is 14.9 Å². The molecule has 1 aliphatic rings. The van der Waals surface area contributed by atoms with Crippen LogP contribution in [0.2, 0.25) is 5.02 Å². The van der Waals surface area contributed by atoms with Gasteiger partial charge in [0.15, 0.2) is 0 Å². The summed E-state index contributed by atoms with van der Waals surface area (Å²) in [5.74, 6) is -1.47. The van der Waals surface area contributed by atoms with Crippen LogP contribution in [0.4, 0.5) is 23.2 Å². The third-order valence-electron chi connectivity index (χ3n) is 5.40. The molecular weight excluding hydrogens is 450 g/mol. The van der Waals surface area contributed by atoms with Gasteiger partial charge in [-0.3, -0.25) is 4.79 Å². The zero-order chi connectivity index (χ0) is 23.6. The van der Waals surface area contributed by atoms with Crippen molar-refractivity contribution in [2.45, 2.75) is 38.2 Å². The van der Waals surface area contributed by atoms with E-state index in [0.717, 1.165) is 12.1 Å². The molecule has 1 amide bonds. The highest BCUT2D eigenvalue weighted by molar-refractivity contribution is 6.32. The fourth-order valence-corrected chi connectivity index (χ4v) is 4.02. The number of amides is 1. The summed E-state index contributed by atoms with van der Waals surface area (Å²) in [6.45, 7) is 1.63. The van der Waals surface area contributed by atoms with Gasteiger partial charge in [-0.2, -0.15) is 18.4 Å². The lowest BCUT2D eigenvalue weighted by molar-refractivity contribution is -0.138. The number of nitriles is 1. The van der Waals surface area contributed by atoms with Gasteiger partial charge in [0.25, 0.3) is 5.91 Å². The van der Waals surface area contributed by atoms with E-state index in [0.29, 0.717) is 24.7 Å². The van der Waals surface area contributed by atoms with E-state index < -0.39 is 29.6 Å². The maximum absolute atomic E-state index is 13.6. The van der Waals surface area contributed by atoms with E-state index in [2.05, 4.69) is 0 Å². The number of aliphatic hydroxyl groups is 1. The number of nitrogens with zero attached hydrogens (tertiary/aromatic N) is 3. The highest BCUT2D eigenvalue weighted by atomic mass is 35.5. The Morgan fingerprint density at radius 1 is 1.34 bits per heavy atom. The average molecular weight is 470 g/mol. The van der Waals surface area contributed by atoms with Crippen molar-refractivity contribution >= 4 is 23.2 Å². The van der Waals surface area contributed by atoms with E-state index in [1.165, 1.54) is 24.0 Å². The normalized spacial score (nSPS) is 17.2. The summed E-state index contributed by atoms with van der Waals surface area (Å²) < 4.78 is 54.2. The van der Waals surface area contributed by atoms with Gasteiger partial charge in [0.2, 0.25) is 0 Å². The number of anilines is 1. The molecule has 5 nitrogen and oxygen atoms in total. The van der Waals surface area contributed by atoms with Crippen molar-refractivity contribution in [1.82, 2.24) is 4.90 Å². The van der Waals surface area contributed by atoms with Gasteiger partial charge in [0, 0.05) is 31.4 Å². The summed E-state index contributed by atoms with van der Waals surface area (Å²) in [6, 6.07) is 8.57. The summed E-state index contributed by atoms with van der Waals surface area (Å²) in [5, 5.41) is 18.8. The number of hydrogen-bond donors (Lipinski definition) is 1. The molecule has 10 heteroatoms. The van der Waals surface area contributed by atoms with Crippen LogP contribution in [0.25, 0.3) is 0 Å². The lowest BCUT2D eigenvalue weighted by Crippen LogP contribution is -2.41. The molecule has 0 radical (unpaired) electrons. The number of benzene rings is 2. The molecule has 0 aliphatic carbocycles. The van der Waals surface area contributed by atoms with Crippen LogP contribution in [-0.2, 0) is 17.5 Å². The Morgan fingerprint density at radius 3 is 2.66 bits per heavy atom. The van der Waals surface area contributed by atoms with E-state index in [9.17, 15) is 27.5 Å². The third-order valence-corrected chi connectivity index (χ3v) is 5.71. The van der Waals surface area contributed by atoms with Gasteiger partial charge in [-0.05, 0) is 49.2 Å². The molecular formula is C22H20ClF4N3O2. The van der Waals surface area contributed by atoms with E-state index in [1.54, 1.807) is 11.0 Å². The van der Waals surface area contributed by atoms with Crippen LogP contribution < -0.4 is 4.90 Å². The summed E-state index contributed by atoms with van der Waals surface area (Å²) in [6.07, 6.45) is -5.51. The van der Waals surface area contributed by atoms with Crippen LogP contribution in [0.15, 0.2) is 36.4 Å². The van der Waals surface area contributed by atoms with E-state index >= 15 is 0 Å². The first kappa shape index (κ1) is 23.8. The quantitative estimate of drug-likeness (QED) is 0.661. The molecule has 1 aliphatic heterocycles. The molecule has 3 rings (SSSR count). The number of rotatable bonds is 5. The Kier molecular flexibility index (Phi) is 6.96. The molecule has 1 N–H and O–H groups in total. The maximum Gasteiger partial charge on any atom is 0.416 e. The number of halogens is 5. The molecule has 170 valence electrons. The van der Waals surface area contributed by atoms with Gasteiger partial charge in [-0.15, -0.1) is 0 Å². The third kappa shape index (κ3) is 5.14. The predicted molar refractivity (Wildman–Crippen MR) is 110 cm³/mol. The van der Waals surface area contributed by atoms with Gasteiger partial charge in [0.05, 0.1) is 16.1 Å². The van der Waals surface area contributed by atoms with E-state index in [-0.39, 0.29) is 35.3 Å². The molecule has 0 bridgehead atoms. The number of carbonyl (C=O) groups is 1. The highest BCUT2D eigenvalue weighted by Gasteiger charge is 2.36. The molecule has 0 aromatic heterocycles. The summed E-state index contributed by atoms with van der Waals surface area (Å²) >= 11 is 6.15. The fourth-order valence-electron chi connectivity index (χ4n) is 3.80. The molecule has 1 unspecified atom stereocenters. The minimum absolute atomic E-state index is 0.139. The second-order valence-corrected chi connectivity index (χ2v) is 8.01. The molecule has 0 saturated carbocycles. The second kappa shape index (κ2) is 9.35. The van der Waals surface area contributed by atoms with Crippen molar-refractivity contribution in [3.63, 3.8) is 0 Å². The lowest BCUT2D eigenvalue weighted by atomic mass is 10.0. The first-order chi connectivity index (χ1) is 15.0. The molecule has 1 saturated heterocycles. The van der Waals surface area contributed by atoms with Crippen molar-refractivity contribution in [3.8, 4) is 6.07 Å². The Bertz CT molecular complexity index is 1050. The maximum atomic E-state index is 13.6. The minimum atomic E-state index is -4.75. The number of hydrogen-bond acceptors (Lipinski definition) is 4. The van der Waals surface area contributed by atoms with Crippen LogP contribution in [0, 0.1) is 17.1 Å². The van der Waals surface area contributed by atoms with Crippen LogP contribution in [-0.4, -0.2) is 41.1 Å². The number of aliphatic hydroxyl groups excluding tert-OH is 1. The standard InChI is InChI=1S/C22H20ClF4N3O2/c1-13(31)21(32)29-7-6-18(12-29)30(17-5-3-14(10-28)20(23)9-17)11-15-2-4-16(24)8-19(15)22(25,26)27/h2-5,8-9,13,18,31H,6-7,11-12H2,1H3/t13?,18-/m0/s1. The summed E-state index contributed by atoms with van der Waals surface area (Å²) in [5.41, 5.74) is -0.551. The van der Waals surface area contributed by atoms with Crippen molar-refractivity contribution in [2.24, 2.45) is 0 Å². The van der Waals surface area contributed by atoms with Crippen LogP contribution in [0.3, 0.4) is 0 Å². The van der Waals surface area contributed by atoms with Crippen molar-refractivity contribution in [1.29, 1.82) is 5.26 Å². The average Bonchev–Trinajstić information content (AvgIpc) is 3.21. The largest absolute Gasteiger partial charge is 0.416 e. The Morgan fingerprint density at radius 2 is 2.06 bits per heavy atom. The first-order valence-electron chi connectivity index (χ1n) is 9.80. The van der Waals surface area contributed by atoms with Crippen molar-refractivity contribution < 1.29 is 27.5 Å². The minimum Gasteiger partial charge on any atom is -0.384 e. The van der Waals surface area contributed by atoms with Crippen LogP contribution in [0.1, 0.15) is 30.0 Å². The number of alkyl halides is 3. The Hall–Kier alpha value is -2.83.